The van der Waals surface area contributed by atoms with Crippen LogP contribution in [0.15, 0.2) is 42.6 Å². The predicted octanol–water partition coefficient (Wildman–Crippen LogP) is 3.13. The topological polar surface area (TPSA) is 49.3 Å². The molecule has 5 heteroatoms. The Bertz CT molecular complexity index is 666. The van der Waals surface area contributed by atoms with Crippen LogP contribution in [0.1, 0.15) is 41.7 Å². The molecule has 0 unspecified atom stereocenters. The van der Waals surface area contributed by atoms with E-state index in [9.17, 15) is 4.79 Å². The number of aromatic nitrogens is 2. The summed E-state index contributed by atoms with van der Waals surface area (Å²) in [7, 11) is 1.81. The SMILES string of the molecule is CN(Cc1ccccc1)C(=O)c1ccnc(N2CCCCCC2)n1. The first kappa shape index (κ1) is 16.4. The van der Waals surface area contributed by atoms with E-state index in [-0.39, 0.29) is 5.91 Å². The number of hydrogen-bond acceptors (Lipinski definition) is 4. The Hall–Kier alpha value is -2.43. The summed E-state index contributed by atoms with van der Waals surface area (Å²) in [6.07, 6.45) is 6.53. The molecule has 3 rings (SSSR count). The van der Waals surface area contributed by atoms with Gasteiger partial charge in [-0.25, -0.2) is 9.97 Å². The number of hydrogen-bond donors (Lipinski definition) is 0. The van der Waals surface area contributed by atoms with Gasteiger partial charge in [0.2, 0.25) is 5.95 Å². The number of nitrogens with zero attached hydrogens (tertiary/aromatic N) is 4. The van der Waals surface area contributed by atoms with Crippen LogP contribution in [0.25, 0.3) is 0 Å². The highest BCUT2D eigenvalue weighted by atomic mass is 16.2. The minimum atomic E-state index is -0.0719. The van der Waals surface area contributed by atoms with Gasteiger partial charge in [-0.05, 0) is 24.5 Å². The molecular formula is C19H24N4O. The number of rotatable bonds is 4. The summed E-state index contributed by atoms with van der Waals surface area (Å²) in [6.45, 7) is 2.51. The predicted molar refractivity (Wildman–Crippen MR) is 95.0 cm³/mol. The Morgan fingerprint density at radius 2 is 1.79 bits per heavy atom. The van der Waals surface area contributed by atoms with E-state index in [0.29, 0.717) is 18.2 Å². The second kappa shape index (κ2) is 7.90. The largest absolute Gasteiger partial charge is 0.341 e. The first-order chi connectivity index (χ1) is 11.7. The van der Waals surface area contributed by atoms with E-state index < -0.39 is 0 Å². The molecule has 0 saturated carbocycles. The number of carbonyl (C=O) groups is 1. The second-order valence-electron chi connectivity index (χ2n) is 6.29. The molecule has 0 aliphatic carbocycles. The molecular weight excluding hydrogens is 300 g/mol. The van der Waals surface area contributed by atoms with Crippen LogP contribution in [0.5, 0.6) is 0 Å². The maximum atomic E-state index is 12.7. The van der Waals surface area contributed by atoms with E-state index >= 15 is 0 Å². The van der Waals surface area contributed by atoms with E-state index in [1.165, 1.54) is 12.8 Å². The van der Waals surface area contributed by atoms with Gasteiger partial charge in [0.25, 0.3) is 5.91 Å². The number of anilines is 1. The monoisotopic (exact) mass is 324 g/mol. The van der Waals surface area contributed by atoms with Crippen molar-refractivity contribution >= 4 is 11.9 Å². The molecule has 0 spiro atoms. The number of carbonyl (C=O) groups excluding carboxylic acids is 1. The quantitative estimate of drug-likeness (QED) is 0.867. The zero-order chi connectivity index (χ0) is 16.8. The molecule has 24 heavy (non-hydrogen) atoms. The average molecular weight is 324 g/mol. The molecule has 2 heterocycles. The highest BCUT2D eigenvalue weighted by Gasteiger charge is 2.17. The Balaban J connectivity index is 1.71. The Morgan fingerprint density at radius 3 is 2.50 bits per heavy atom. The molecule has 1 fully saturated rings. The van der Waals surface area contributed by atoms with E-state index in [2.05, 4.69) is 14.9 Å². The van der Waals surface area contributed by atoms with Crippen molar-refractivity contribution in [2.45, 2.75) is 32.2 Å². The third kappa shape index (κ3) is 4.10. The van der Waals surface area contributed by atoms with Gasteiger partial charge < -0.3 is 9.80 Å². The van der Waals surface area contributed by atoms with Crippen molar-refractivity contribution in [1.29, 1.82) is 0 Å². The molecule has 0 radical (unpaired) electrons. The van der Waals surface area contributed by atoms with Gasteiger partial charge in [0.1, 0.15) is 5.69 Å². The number of amides is 1. The van der Waals surface area contributed by atoms with Crippen molar-refractivity contribution < 1.29 is 4.79 Å². The first-order valence-corrected chi connectivity index (χ1v) is 8.61. The van der Waals surface area contributed by atoms with Crippen molar-refractivity contribution in [2.75, 3.05) is 25.0 Å². The van der Waals surface area contributed by atoms with Crippen LogP contribution in [-0.2, 0) is 6.54 Å². The number of benzene rings is 1. The normalized spacial score (nSPS) is 15.0. The van der Waals surface area contributed by atoms with Crippen molar-refractivity contribution in [3.63, 3.8) is 0 Å². The lowest BCUT2D eigenvalue weighted by Crippen LogP contribution is -2.29. The van der Waals surface area contributed by atoms with Gasteiger partial charge in [-0.3, -0.25) is 4.79 Å². The van der Waals surface area contributed by atoms with Crippen LogP contribution in [0, 0.1) is 0 Å². The Morgan fingerprint density at radius 1 is 1.08 bits per heavy atom. The van der Waals surface area contributed by atoms with E-state index in [1.807, 2.05) is 37.4 Å². The van der Waals surface area contributed by atoms with Gasteiger partial charge in [0.05, 0.1) is 0 Å². The molecule has 0 N–H and O–H groups in total. The fourth-order valence-corrected chi connectivity index (χ4v) is 3.02. The molecule has 1 amide bonds. The molecule has 1 aromatic carbocycles. The summed E-state index contributed by atoms with van der Waals surface area (Å²) in [5.41, 5.74) is 1.57. The van der Waals surface area contributed by atoms with Crippen LogP contribution in [-0.4, -0.2) is 40.9 Å². The van der Waals surface area contributed by atoms with Crippen LogP contribution in [0.2, 0.25) is 0 Å². The third-order valence-electron chi connectivity index (χ3n) is 4.36. The van der Waals surface area contributed by atoms with Crippen LogP contribution in [0.3, 0.4) is 0 Å². The van der Waals surface area contributed by atoms with Crippen molar-refractivity contribution in [1.82, 2.24) is 14.9 Å². The molecule has 1 aromatic heterocycles. The van der Waals surface area contributed by atoms with E-state index in [1.54, 1.807) is 17.2 Å². The van der Waals surface area contributed by atoms with Gasteiger partial charge in [-0.1, -0.05) is 43.2 Å². The minimum absolute atomic E-state index is 0.0719. The summed E-state index contributed by atoms with van der Waals surface area (Å²) in [5.74, 6) is 0.605. The fraction of sp³-hybridized carbons (Fsp3) is 0.421. The molecule has 2 aromatic rings. The molecule has 1 aliphatic heterocycles. The smallest absolute Gasteiger partial charge is 0.272 e. The van der Waals surface area contributed by atoms with Crippen molar-refractivity contribution in [2.24, 2.45) is 0 Å². The fourth-order valence-electron chi connectivity index (χ4n) is 3.02. The van der Waals surface area contributed by atoms with Crippen LogP contribution in [0.4, 0.5) is 5.95 Å². The summed E-state index contributed by atoms with van der Waals surface area (Å²) >= 11 is 0. The van der Waals surface area contributed by atoms with E-state index in [0.717, 1.165) is 31.5 Å². The first-order valence-electron chi connectivity index (χ1n) is 8.61. The molecule has 5 nitrogen and oxygen atoms in total. The van der Waals surface area contributed by atoms with Gasteiger partial charge in [0, 0.05) is 32.9 Å². The molecule has 126 valence electrons. The standard InChI is InChI=1S/C19H24N4O/c1-22(15-16-9-5-4-6-10-16)18(24)17-11-12-20-19(21-17)23-13-7-2-3-8-14-23/h4-6,9-12H,2-3,7-8,13-15H2,1H3. The summed E-state index contributed by atoms with van der Waals surface area (Å²) in [4.78, 5) is 25.5. The lowest BCUT2D eigenvalue weighted by Gasteiger charge is -2.21. The molecule has 1 aliphatic rings. The zero-order valence-electron chi connectivity index (χ0n) is 14.2. The Kier molecular flexibility index (Phi) is 5.41. The van der Waals surface area contributed by atoms with E-state index in [4.69, 9.17) is 0 Å². The highest BCUT2D eigenvalue weighted by molar-refractivity contribution is 5.92. The third-order valence-corrected chi connectivity index (χ3v) is 4.36. The Labute approximate surface area is 143 Å². The van der Waals surface area contributed by atoms with Crippen LogP contribution < -0.4 is 4.90 Å². The zero-order valence-corrected chi connectivity index (χ0v) is 14.2. The van der Waals surface area contributed by atoms with Crippen molar-refractivity contribution in [3.8, 4) is 0 Å². The highest BCUT2D eigenvalue weighted by Crippen LogP contribution is 2.16. The lowest BCUT2D eigenvalue weighted by molar-refractivity contribution is 0.0779. The van der Waals surface area contributed by atoms with Crippen LogP contribution >= 0.6 is 0 Å². The molecule has 0 atom stereocenters. The average Bonchev–Trinajstić information content (AvgIpc) is 2.91. The summed E-state index contributed by atoms with van der Waals surface area (Å²) in [6, 6.07) is 11.7. The van der Waals surface area contributed by atoms with Gasteiger partial charge in [-0.2, -0.15) is 0 Å². The van der Waals surface area contributed by atoms with Gasteiger partial charge >= 0.3 is 0 Å². The maximum absolute atomic E-state index is 12.7. The van der Waals surface area contributed by atoms with Gasteiger partial charge in [0.15, 0.2) is 0 Å². The molecule has 0 bridgehead atoms. The molecule has 1 saturated heterocycles. The summed E-state index contributed by atoms with van der Waals surface area (Å²) < 4.78 is 0. The summed E-state index contributed by atoms with van der Waals surface area (Å²) in [5, 5.41) is 0. The second-order valence-corrected chi connectivity index (χ2v) is 6.29. The minimum Gasteiger partial charge on any atom is -0.341 e. The van der Waals surface area contributed by atoms with Gasteiger partial charge in [-0.15, -0.1) is 0 Å². The van der Waals surface area contributed by atoms with Crippen molar-refractivity contribution in [3.05, 3.63) is 53.9 Å². The lowest BCUT2D eigenvalue weighted by atomic mass is 10.2. The maximum Gasteiger partial charge on any atom is 0.272 e.